The topological polar surface area (TPSA) is 57.4 Å². The molecular weight excluding hydrogens is 382 g/mol. The average molecular weight is 416 g/mol. The summed E-state index contributed by atoms with van der Waals surface area (Å²) in [5.74, 6) is 0. The number of para-hydroxylation sites is 1. The number of aldehydes is 1. The maximum atomic E-state index is 11.2. The van der Waals surface area contributed by atoms with E-state index in [1.807, 2.05) is 33.0 Å². The first-order chi connectivity index (χ1) is 14.1. The molecule has 2 aromatic heterocycles. The fraction of sp³-hybridized carbons (Fsp3) is 0.435. The van der Waals surface area contributed by atoms with Crippen LogP contribution in [0.5, 0.6) is 0 Å². The minimum atomic E-state index is 0.725. The lowest BCUT2D eigenvalue weighted by Gasteiger charge is -2.26. The molecule has 1 fully saturated rings. The van der Waals surface area contributed by atoms with Crippen molar-refractivity contribution in [2.75, 3.05) is 38.7 Å². The van der Waals surface area contributed by atoms with Crippen LogP contribution in [0.1, 0.15) is 40.3 Å². The number of morpholine rings is 1. The Morgan fingerprint density at radius 3 is 2.48 bits per heavy atom. The number of anilines is 1. The van der Waals surface area contributed by atoms with Crippen molar-refractivity contribution >= 4 is 33.5 Å². The number of nitrogens with zero attached hydrogens (tertiary/aromatic N) is 1. The van der Waals surface area contributed by atoms with Gasteiger partial charge in [0.1, 0.15) is 0 Å². The molecule has 1 aromatic carbocycles. The van der Waals surface area contributed by atoms with Crippen molar-refractivity contribution in [3.05, 3.63) is 52.0 Å². The summed E-state index contributed by atoms with van der Waals surface area (Å²) in [6.45, 7) is 12.5. The zero-order valence-corrected chi connectivity index (χ0v) is 19.0. The van der Waals surface area contributed by atoms with Crippen LogP contribution < -0.4 is 5.32 Å². The van der Waals surface area contributed by atoms with Gasteiger partial charge in [-0.05, 0) is 31.5 Å². The lowest BCUT2D eigenvalue weighted by Crippen LogP contribution is -2.35. The van der Waals surface area contributed by atoms with Crippen LogP contribution in [-0.2, 0) is 11.3 Å². The highest BCUT2D eigenvalue weighted by molar-refractivity contribution is 7.19. The van der Waals surface area contributed by atoms with E-state index in [1.54, 1.807) is 11.3 Å². The fourth-order valence-electron chi connectivity index (χ4n) is 3.27. The number of nitrogens with one attached hydrogen (secondary N) is 2. The van der Waals surface area contributed by atoms with Crippen LogP contribution in [0.4, 0.5) is 5.69 Å². The summed E-state index contributed by atoms with van der Waals surface area (Å²) in [7, 11) is 1.93. The van der Waals surface area contributed by atoms with E-state index in [1.165, 1.54) is 20.8 Å². The first-order valence-corrected chi connectivity index (χ1v) is 11.0. The Morgan fingerprint density at radius 1 is 1.21 bits per heavy atom. The lowest BCUT2D eigenvalue weighted by atomic mass is 10.2. The predicted octanol–water partition coefficient (Wildman–Crippen LogP) is 5.25. The number of aromatic amines is 1. The largest absolute Gasteiger partial charge is 0.388 e. The Balaban J connectivity index is 0.000000231. The molecule has 2 N–H and O–H groups in total. The molecule has 0 spiro atoms. The molecule has 3 heterocycles. The number of aromatic nitrogens is 1. The van der Waals surface area contributed by atoms with Gasteiger partial charge in [0.05, 0.1) is 29.1 Å². The molecule has 0 aliphatic carbocycles. The third kappa shape index (κ3) is 6.16. The quantitative estimate of drug-likeness (QED) is 0.572. The Labute approximate surface area is 178 Å². The summed E-state index contributed by atoms with van der Waals surface area (Å²) in [5, 5.41) is 3.10. The van der Waals surface area contributed by atoms with Crippen molar-refractivity contribution in [2.45, 2.75) is 34.2 Å². The molecule has 1 aliphatic heterocycles. The molecule has 1 aliphatic rings. The number of hydrogen-bond acceptors (Lipinski definition) is 5. The van der Waals surface area contributed by atoms with Crippen molar-refractivity contribution in [1.82, 2.24) is 9.88 Å². The average Bonchev–Trinajstić information content (AvgIpc) is 3.27. The first-order valence-electron chi connectivity index (χ1n) is 10.2. The second-order valence-corrected chi connectivity index (χ2v) is 7.94. The third-order valence-corrected chi connectivity index (χ3v) is 5.85. The zero-order chi connectivity index (χ0) is 21.2. The van der Waals surface area contributed by atoms with Gasteiger partial charge in [-0.25, -0.2) is 0 Å². The lowest BCUT2D eigenvalue weighted by molar-refractivity contribution is 0.0343. The smallest absolute Gasteiger partial charge is 0.166 e. The highest BCUT2D eigenvalue weighted by Crippen LogP contribution is 2.31. The summed E-state index contributed by atoms with van der Waals surface area (Å²) in [5.41, 5.74) is 5.45. The van der Waals surface area contributed by atoms with Crippen LogP contribution in [0.2, 0.25) is 0 Å². The van der Waals surface area contributed by atoms with E-state index in [-0.39, 0.29) is 0 Å². The number of carbonyl (C=O) groups is 1. The second-order valence-electron chi connectivity index (χ2n) is 6.69. The summed E-state index contributed by atoms with van der Waals surface area (Å²) >= 11 is 1.76. The molecule has 0 bridgehead atoms. The van der Waals surface area contributed by atoms with E-state index >= 15 is 0 Å². The van der Waals surface area contributed by atoms with Crippen LogP contribution in [0.15, 0.2) is 30.3 Å². The second kappa shape index (κ2) is 11.8. The van der Waals surface area contributed by atoms with E-state index in [0.717, 1.165) is 55.9 Å². The minimum absolute atomic E-state index is 0.725. The Kier molecular flexibility index (Phi) is 9.38. The van der Waals surface area contributed by atoms with Gasteiger partial charge in [-0.3, -0.25) is 9.69 Å². The fourth-order valence-corrected chi connectivity index (χ4v) is 4.28. The molecule has 4 rings (SSSR count). The third-order valence-electron chi connectivity index (χ3n) is 4.74. The van der Waals surface area contributed by atoms with Gasteiger partial charge in [0.15, 0.2) is 6.29 Å². The van der Waals surface area contributed by atoms with Crippen LogP contribution in [-0.4, -0.2) is 49.5 Å². The van der Waals surface area contributed by atoms with Crippen LogP contribution in [0, 0.1) is 13.8 Å². The molecule has 158 valence electrons. The molecular formula is C23H33N3O2S. The van der Waals surface area contributed by atoms with Gasteiger partial charge in [-0.15, -0.1) is 11.3 Å². The monoisotopic (exact) mass is 415 g/mol. The van der Waals surface area contributed by atoms with E-state index < -0.39 is 0 Å². The summed E-state index contributed by atoms with van der Waals surface area (Å²) < 4.78 is 6.57. The summed E-state index contributed by atoms with van der Waals surface area (Å²) in [4.78, 5) is 18.0. The molecule has 3 aromatic rings. The number of aryl methyl sites for hydroxylation is 2. The Hall–Kier alpha value is -2.15. The molecule has 0 amide bonds. The van der Waals surface area contributed by atoms with Gasteiger partial charge in [0.25, 0.3) is 0 Å². The van der Waals surface area contributed by atoms with E-state index in [4.69, 9.17) is 4.74 Å². The Bertz CT molecular complexity index is 895. The number of hydrogen-bond donors (Lipinski definition) is 2. The Morgan fingerprint density at radius 2 is 1.90 bits per heavy atom. The van der Waals surface area contributed by atoms with Gasteiger partial charge in [0, 0.05) is 42.8 Å². The van der Waals surface area contributed by atoms with Gasteiger partial charge in [-0.1, -0.05) is 32.0 Å². The molecule has 0 radical (unpaired) electrons. The van der Waals surface area contributed by atoms with Gasteiger partial charge >= 0.3 is 0 Å². The van der Waals surface area contributed by atoms with Crippen molar-refractivity contribution in [1.29, 1.82) is 0 Å². The first kappa shape index (κ1) is 23.1. The summed E-state index contributed by atoms with van der Waals surface area (Å²) in [6, 6.07) is 10.3. The predicted molar refractivity (Wildman–Crippen MR) is 124 cm³/mol. The van der Waals surface area contributed by atoms with E-state index in [2.05, 4.69) is 47.2 Å². The van der Waals surface area contributed by atoms with Crippen molar-refractivity contribution in [3.63, 3.8) is 0 Å². The van der Waals surface area contributed by atoms with Gasteiger partial charge in [0.2, 0.25) is 0 Å². The standard InChI is InChI=1S/C13H16N2O2S.C8H11N.C2H6/c1-9-6-11-13(18-9)10(12(8-16)14-11)7-15-2-4-17-5-3-15;1-7-5-3-4-6-8(7)9-2;1-2/h6,8,14H,2-5,7H2,1H3;3-6,9H,1-2H3;1-2H3. The number of ether oxygens (including phenoxy) is 1. The highest BCUT2D eigenvalue weighted by atomic mass is 32.1. The number of rotatable bonds is 4. The van der Waals surface area contributed by atoms with E-state index in [9.17, 15) is 4.79 Å². The molecule has 0 atom stereocenters. The number of H-pyrrole nitrogens is 1. The number of benzene rings is 1. The van der Waals surface area contributed by atoms with Crippen molar-refractivity contribution in [2.24, 2.45) is 0 Å². The normalized spacial score (nSPS) is 13.8. The van der Waals surface area contributed by atoms with Crippen LogP contribution >= 0.6 is 11.3 Å². The maximum Gasteiger partial charge on any atom is 0.166 e. The molecule has 5 nitrogen and oxygen atoms in total. The van der Waals surface area contributed by atoms with Crippen LogP contribution in [0.25, 0.3) is 10.2 Å². The van der Waals surface area contributed by atoms with Crippen molar-refractivity contribution < 1.29 is 9.53 Å². The molecule has 0 unspecified atom stereocenters. The number of thiophene rings is 1. The molecule has 6 heteroatoms. The molecule has 0 saturated carbocycles. The van der Waals surface area contributed by atoms with E-state index in [0.29, 0.717) is 0 Å². The van der Waals surface area contributed by atoms with Gasteiger partial charge in [-0.2, -0.15) is 0 Å². The summed E-state index contributed by atoms with van der Waals surface area (Å²) in [6.07, 6.45) is 0.928. The minimum Gasteiger partial charge on any atom is -0.388 e. The molecule has 1 saturated heterocycles. The zero-order valence-electron chi connectivity index (χ0n) is 18.2. The number of carbonyl (C=O) groups excluding carboxylic acids is 1. The van der Waals surface area contributed by atoms with Crippen LogP contribution in [0.3, 0.4) is 0 Å². The van der Waals surface area contributed by atoms with Crippen molar-refractivity contribution in [3.8, 4) is 0 Å². The van der Waals surface area contributed by atoms with Gasteiger partial charge < -0.3 is 15.0 Å². The SMILES string of the molecule is CC.CNc1ccccc1C.Cc1cc2[nH]c(C=O)c(CN3CCOCC3)c2s1. The maximum absolute atomic E-state index is 11.2. The number of fused-ring (bicyclic) bond motifs is 1. The molecule has 29 heavy (non-hydrogen) atoms. The highest BCUT2D eigenvalue weighted by Gasteiger charge is 2.18.